The summed E-state index contributed by atoms with van der Waals surface area (Å²) in [5, 5.41) is 12.8. The van der Waals surface area contributed by atoms with Crippen molar-refractivity contribution in [1.82, 2.24) is 14.8 Å². The molecule has 2 aromatic rings. The lowest BCUT2D eigenvalue weighted by Crippen LogP contribution is -2.55. The van der Waals surface area contributed by atoms with Gasteiger partial charge in [-0.1, -0.05) is 32.4 Å². The first-order valence-electron chi connectivity index (χ1n) is 13.5. The first-order valence-corrected chi connectivity index (χ1v) is 16.4. The molecule has 6 atom stereocenters. The van der Waals surface area contributed by atoms with Crippen molar-refractivity contribution in [3.63, 3.8) is 0 Å². The second-order valence-electron chi connectivity index (χ2n) is 11.9. The molecule has 1 aliphatic heterocycles. The molecule has 0 radical (unpaired) electrons. The van der Waals surface area contributed by atoms with Gasteiger partial charge in [-0.25, -0.2) is 13.4 Å². The number of piperazine rings is 1. The highest BCUT2D eigenvalue weighted by Crippen LogP contribution is 2.57. The van der Waals surface area contributed by atoms with E-state index in [1.165, 1.54) is 23.5 Å². The number of halogens is 1. The maximum absolute atomic E-state index is 13.4. The van der Waals surface area contributed by atoms with Gasteiger partial charge in [-0.05, 0) is 67.8 Å². The van der Waals surface area contributed by atoms with Crippen molar-refractivity contribution >= 4 is 38.7 Å². The summed E-state index contributed by atoms with van der Waals surface area (Å²) in [6, 6.07) is 6.24. The average molecular weight is 580 g/mol. The van der Waals surface area contributed by atoms with Gasteiger partial charge in [-0.3, -0.25) is 4.79 Å². The maximum Gasteiger partial charge on any atom is 0.225 e. The van der Waals surface area contributed by atoms with Gasteiger partial charge in [0.1, 0.15) is 10.8 Å². The van der Waals surface area contributed by atoms with Crippen molar-refractivity contribution in [2.24, 2.45) is 23.2 Å². The van der Waals surface area contributed by atoms with Crippen LogP contribution in [0.5, 0.6) is 0 Å². The van der Waals surface area contributed by atoms with Gasteiger partial charge in [0.2, 0.25) is 5.91 Å². The minimum Gasteiger partial charge on any atom is -0.392 e. The second-order valence-corrected chi connectivity index (χ2v) is 15.5. The lowest BCUT2D eigenvalue weighted by molar-refractivity contribution is -0.146. The Balaban J connectivity index is 1.34. The normalized spacial score (nSPS) is 30.9. The number of aromatic nitrogens is 1. The number of aliphatic hydroxyl groups excluding tert-OH is 1. The molecule has 3 aliphatic rings. The zero-order valence-corrected chi connectivity index (χ0v) is 24.9. The molecule has 2 aliphatic carbocycles. The molecular formula is C28H38ClN3O4S2. The van der Waals surface area contributed by atoms with Crippen molar-refractivity contribution < 1.29 is 18.3 Å². The van der Waals surface area contributed by atoms with Gasteiger partial charge >= 0.3 is 0 Å². The van der Waals surface area contributed by atoms with Crippen LogP contribution in [0.25, 0.3) is 0 Å². The molecule has 1 saturated carbocycles. The van der Waals surface area contributed by atoms with Crippen LogP contribution in [0.1, 0.15) is 55.1 Å². The number of benzene rings is 1. The second kappa shape index (κ2) is 10.5. The molecule has 1 N–H and O–H groups in total. The minimum absolute atomic E-state index is 0.0178. The van der Waals surface area contributed by atoms with Crippen LogP contribution < -0.4 is 0 Å². The lowest BCUT2D eigenvalue weighted by Gasteiger charge is -2.53. The van der Waals surface area contributed by atoms with E-state index in [9.17, 15) is 18.3 Å². The van der Waals surface area contributed by atoms with Gasteiger partial charge in [0.25, 0.3) is 0 Å². The van der Waals surface area contributed by atoms with Gasteiger partial charge in [0.05, 0.1) is 16.7 Å². The Hall–Kier alpha value is -1.52. The zero-order valence-electron chi connectivity index (χ0n) is 22.6. The number of thiazole rings is 1. The molecule has 5 rings (SSSR count). The molecule has 1 aromatic heterocycles. The molecule has 2 heterocycles. The number of hydrogen-bond acceptors (Lipinski definition) is 7. The third-order valence-corrected chi connectivity index (χ3v) is 12.4. The number of fused-ring (bicyclic) bond motifs is 2. The van der Waals surface area contributed by atoms with E-state index < -0.39 is 15.9 Å². The fourth-order valence-corrected chi connectivity index (χ4v) is 10.1. The number of carbonyl (C=O) groups is 1. The molecule has 0 unspecified atom stereocenters. The van der Waals surface area contributed by atoms with E-state index >= 15 is 0 Å². The molecule has 38 heavy (non-hydrogen) atoms. The summed E-state index contributed by atoms with van der Waals surface area (Å²) in [6.45, 7) is 9.58. The number of hydrogen-bond donors (Lipinski definition) is 1. The van der Waals surface area contributed by atoms with Crippen LogP contribution in [0, 0.1) is 23.2 Å². The van der Waals surface area contributed by atoms with Gasteiger partial charge in [0.15, 0.2) is 9.84 Å². The topological polar surface area (TPSA) is 90.8 Å². The summed E-state index contributed by atoms with van der Waals surface area (Å²) in [7, 11) is -1.47. The highest BCUT2D eigenvalue weighted by atomic mass is 35.5. The van der Waals surface area contributed by atoms with Gasteiger partial charge in [0, 0.05) is 47.9 Å². The monoisotopic (exact) mass is 579 g/mol. The Morgan fingerprint density at radius 2 is 1.89 bits per heavy atom. The van der Waals surface area contributed by atoms with E-state index in [0.717, 1.165) is 56.0 Å². The molecule has 1 aromatic carbocycles. The Labute approximate surface area is 235 Å². The maximum atomic E-state index is 13.4. The Bertz CT molecular complexity index is 1290. The fourth-order valence-electron chi connectivity index (χ4n) is 7.04. The van der Waals surface area contributed by atoms with Crippen LogP contribution >= 0.6 is 22.9 Å². The third kappa shape index (κ3) is 5.17. The Kier molecular flexibility index (Phi) is 7.72. The highest BCUT2D eigenvalue weighted by molar-refractivity contribution is 7.90. The molecule has 0 bridgehead atoms. The van der Waals surface area contributed by atoms with Crippen LogP contribution in [-0.4, -0.2) is 73.5 Å². The fraction of sp³-hybridized carbons (Fsp3) is 0.643. The summed E-state index contributed by atoms with van der Waals surface area (Å²) in [5.41, 5.74) is 0.800. The SMILES string of the molecule is C[C@H](C(=O)N1CCN(C)CC1)[C@H]1CC[C@@]2(C)Cc3sc(CS(=O)(=O)c4ccc(Cl)cc4)nc3[C@@H](C)[C@@H]2[C@H]1O. The quantitative estimate of drug-likeness (QED) is 0.570. The van der Waals surface area contributed by atoms with Crippen molar-refractivity contribution in [3.8, 4) is 0 Å². The zero-order chi connectivity index (χ0) is 27.4. The van der Waals surface area contributed by atoms with Gasteiger partial charge < -0.3 is 14.9 Å². The number of carbonyl (C=O) groups excluding carboxylic acids is 1. The molecular weight excluding hydrogens is 542 g/mol. The van der Waals surface area contributed by atoms with Crippen LogP contribution in [0.2, 0.25) is 5.02 Å². The molecule has 7 nitrogen and oxygen atoms in total. The van der Waals surface area contributed by atoms with Crippen LogP contribution in [-0.2, 0) is 26.8 Å². The average Bonchev–Trinajstić information content (AvgIpc) is 3.25. The number of nitrogens with zero attached hydrogens (tertiary/aromatic N) is 3. The summed E-state index contributed by atoms with van der Waals surface area (Å²) >= 11 is 7.42. The summed E-state index contributed by atoms with van der Waals surface area (Å²) < 4.78 is 26.1. The predicted octanol–water partition coefficient (Wildman–Crippen LogP) is 4.23. The van der Waals surface area contributed by atoms with E-state index in [1.54, 1.807) is 12.1 Å². The molecule has 208 valence electrons. The number of likely N-dealkylation sites (N-methyl/N-ethyl adjacent to an activating group) is 1. The minimum atomic E-state index is -3.55. The van der Waals surface area contributed by atoms with Gasteiger partial charge in [-0.2, -0.15) is 0 Å². The van der Waals surface area contributed by atoms with Crippen molar-refractivity contribution in [1.29, 1.82) is 0 Å². The summed E-state index contributed by atoms with van der Waals surface area (Å²) in [6.07, 6.45) is 1.92. The van der Waals surface area contributed by atoms with Crippen LogP contribution in [0.4, 0.5) is 0 Å². The van der Waals surface area contributed by atoms with E-state index in [-0.39, 0.29) is 45.6 Å². The summed E-state index contributed by atoms with van der Waals surface area (Å²) in [5.74, 6) is -0.370. The molecule has 1 amide bonds. The van der Waals surface area contributed by atoms with E-state index in [1.807, 2.05) is 11.8 Å². The lowest BCUT2D eigenvalue weighted by atomic mass is 9.53. The standard InChI is InChI=1S/C28H38ClN3O4S2/c1-17(27(34)32-13-11-31(4)12-14-32)21-9-10-28(3)15-22-25(18(2)24(28)26(21)33)30-23(37-22)16-38(35,36)20-7-5-19(29)6-8-20/h5-8,17-18,21,24,26,33H,9-16H2,1-4H3/t17-,18-,21+,24+,26-,28-/m0/s1. The van der Waals surface area contributed by atoms with Gasteiger partial charge in [-0.15, -0.1) is 11.3 Å². The molecule has 2 fully saturated rings. The largest absolute Gasteiger partial charge is 0.392 e. The first kappa shape index (κ1) is 28.0. The van der Waals surface area contributed by atoms with E-state index in [0.29, 0.717) is 10.0 Å². The van der Waals surface area contributed by atoms with E-state index in [4.69, 9.17) is 16.6 Å². The smallest absolute Gasteiger partial charge is 0.225 e. The Morgan fingerprint density at radius 3 is 2.55 bits per heavy atom. The first-order chi connectivity index (χ1) is 17.9. The highest BCUT2D eigenvalue weighted by Gasteiger charge is 2.54. The van der Waals surface area contributed by atoms with E-state index in [2.05, 4.69) is 25.8 Å². The molecule has 10 heteroatoms. The predicted molar refractivity (Wildman–Crippen MR) is 150 cm³/mol. The number of amides is 1. The summed E-state index contributed by atoms with van der Waals surface area (Å²) in [4.78, 5) is 23.7. The van der Waals surface area contributed by atoms with Crippen molar-refractivity contribution in [2.75, 3.05) is 33.2 Å². The molecule has 0 spiro atoms. The van der Waals surface area contributed by atoms with Crippen LogP contribution in [0.3, 0.4) is 0 Å². The number of rotatable bonds is 5. The Morgan fingerprint density at radius 1 is 1.24 bits per heavy atom. The number of aliphatic hydroxyl groups is 1. The van der Waals surface area contributed by atoms with Crippen molar-refractivity contribution in [3.05, 3.63) is 44.9 Å². The van der Waals surface area contributed by atoms with Crippen LogP contribution in [0.15, 0.2) is 29.2 Å². The number of sulfone groups is 1. The third-order valence-electron chi connectivity index (χ3n) is 9.30. The molecule has 1 saturated heterocycles. The van der Waals surface area contributed by atoms with Crippen molar-refractivity contribution in [2.45, 2.75) is 62.7 Å².